The standard InChI is InChI=1S/C12H18N2.C3H6/c1-13-11-7-5-9-14(2)12-8-4-3-6-10(11)12;1-2-3-1/h3-4,6,8,11,13H,5,7,9H2,1-2H3;1-3H2. The molecule has 17 heavy (non-hydrogen) atoms. The van der Waals surface area contributed by atoms with Crippen LogP contribution in [0.5, 0.6) is 0 Å². The zero-order valence-electron chi connectivity index (χ0n) is 11.1. The van der Waals surface area contributed by atoms with Crippen molar-refractivity contribution >= 4 is 5.69 Å². The molecule has 0 radical (unpaired) electrons. The minimum Gasteiger partial charge on any atom is -0.374 e. The van der Waals surface area contributed by atoms with E-state index in [1.165, 1.54) is 43.4 Å². The van der Waals surface area contributed by atoms with Crippen molar-refractivity contribution in [3.05, 3.63) is 29.8 Å². The van der Waals surface area contributed by atoms with Gasteiger partial charge in [-0.1, -0.05) is 37.5 Å². The Hall–Kier alpha value is -1.02. The minimum absolute atomic E-state index is 0.524. The maximum Gasteiger partial charge on any atom is 0.0412 e. The van der Waals surface area contributed by atoms with Crippen molar-refractivity contribution < 1.29 is 0 Å². The van der Waals surface area contributed by atoms with E-state index in [4.69, 9.17) is 0 Å². The van der Waals surface area contributed by atoms with Gasteiger partial charge in [0.15, 0.2) is 0 Å². The first-order chi connectivity index (χ1) is 8.33. The lowest BCUT2D eigenvalue weighted by atomic mass is 10.0. The first-order valence-corrected chi connectivity index (χ1v) is 6.80. The Balaban J connectivity index is 0.000000313. The Morgan fingerprint density at radius 1 is 1.12 bits per heavy atom. The zero-order valence-corrected chi connectivity index (χ0v) is 11.1. The average Bonchev–Trinajstić information content (AvgIpc) is 3.21. The second-order valence-corrected chi connectivity index (χ2v) is 5.02. The number of rotatable bonds is 1. The summed E-state index contributed by atoms with van der Waals surface area (Å²) in [5.41, 5.74) is 2.82. The summed E-state index contributed by atoms with van der Waals surface area (Å²) in [6, 6.07) is 9.22. The number of benzene rings is 1. The number of anilines is 1. The number of nitrogens with zero attached hydrogens (tertiary/aromatic N) is 1. The maximum atomic E-state index is 3.39. The smallest absolute Gasteiger partial charge is 0.0412 e. The Morgan fingerprint density at radius 3 is 2.47 bits per heavy atom. The van der Waals surface area contributed by atoms with E-state index in [9.17, 15) is 0 Å². The molecule has 0 amide bonds. The molecule has 2 heteroatoms. The summed E-state index contributed by atoms with van der Waals surface area (Å²) < 4.78 is 0. The van der Waals surface area contributed by atoms with E-state index < -0.39 is 0 Å². The fourth-order valence-electron chi connectivity index (χ4n) is 2.24. The molecule has 3 rings (SSSR count). The summed E-state index contributed by atoms with van der Waals surface area (Å²) in [7, 11) is 4.23. The molecule has 2 nitrogen and oxygen atoms in total. The molecule has 1 fully saturated rings. The van der Waals surface area contributed by atoms with E-state index in [-0.39, 0.29) is 0 Å². The zero-order chi connectivity index (χ0) is 12.1. The van der Waals surface area contributed by atoms with Crippen molar-refractivity contribution in [3.8, 4) is 0 Å². The quantitative estimate of drug-likeness (QED) is 0.799. The first-order valence-electron chi connectivity index (χ1n) is 6.80. The van der Waals surface area contributed by atoms with Gasteiger partial charge in [-0.25, -0.2) is 0 Å². The molecular formula is C15H24N2. The molecule has 0 aromatic heterocycles. The molecule has 1 saturated carbocycles. The van der Waals surface area contributed by atoms with E-state index in [2.05, 4.69) is 41.5 Å². The van der Waals surface area contributed by atoms with Gasteiger partial charge in [-0.2, -0.15) is 0 Å². The topological polar surface area (TPSA) is 15.3 Å². The Bertz CT molecular complexity index is 344. The summed E-state index contributed by atoms with van der Waals surface area (Å²) in [6.07, 6.45) is 6.99. The average molecular weight is 232 g/mol. The minimum atomic E-state index is 0.524. The molecule has 1 aromatic rings. The van der Waals surface area contributed by atoms with Gasteiger partial charge in [0.25, 0.3) is 0 Å². The third-order valence-corrected chi connectivity index (χ3v) is 3.41. The fraction of sp³-hybridized carbons (Fsp3) is 0.600. The molecule has 1 aliphatic carbocycles. The molecule has 1 unspecified atom stereocenters. The molecule has 1 aliphatic heterocycles. The SMILES string of the molecule is C1CC1.CNC1CCCN(C)c2ccccc21. The van der Waals surface area contributed by atoms with Gasteiger partial charge in [0.05, 0.1) is 0 Å². The summed E-state index contributed by atoms with van der Waals surface area (Å²) in [6.45, 7) is 1.16. The van der Waals surface area contributed by atoms with Crippen LogP contribution in [0.4, 0.5) is 5.69 Å². The monoisotopic (exact) mass is 232 g/mol. The Morgan fingerprint density at radius 2 is 1.82 bits per heavy atom. The van der Waals surface area contributed by atoms with Crippen molar-refractivity contribution in [1.29, 1.82) is 0 Å². The van der Waals surface area contributed by atoms with E-state index >= 15 is 0 Å². The molecule has 1 atom stereocenters. The molecule has 0 bridgehead atoms. The second kappa shape index (κ2) is 6.06. The number of para-hydroxylation sites is 1. The Kier molecular flexibility index (Phi) is 4.43. The highest BCUT2D eigenvalue weighted by Gasteiger charge is 2.18. The lowest BCUT2D eigenvalue weighted by molar-refractivity contribution is 0.543. The molecule has 1 heterocycles. The summed E-state index contributed by atoms with van der Waals surface area (Å²) in [5, 5.41) is 3.39. The second-order valence-electron chi connectivity index (χ2n) is 5.02. The van der Waals surface area contributed by atoms with Gasteiger partial charge in [0.2, 0.25) is 0 Å². The highest BCUT2D eigenvalue weighted by molar-refractivity contribution is 5.55. The molecule has 0 spiro atoms. The van der Waals surface area contributed by atoms with Gasteiger partial charge in [-0.05, 0) is 31.5 Å². The highest BCUT2D eigenvalue weighted by Crippen LogP contribution is 2.31. The van der Waals surface area contributed by atoms with Crippen molar-refractivity contribution in [2.75, 3.05) is 25.5 Å². The van der Waals surface area contributed by atoms with Crippen molar-refractivity contribution in [3.63, 3.8) is 0 Å². The van der Waals surface area contributed by atoms with Gasteiger partial charge in [0, 0.05) is 25.3 Å². The molecule has 1 N–H and O–H groups in total. The maximum absolute atomic E-state index is 3.39. The third-order valence-electron chi connectivity index (χ3n) is 3.41. The van der Waals surface area contributed by atoms with E-state index in [0.717, 1.165) is 6.54 Å². The summed E-state index contributed by atoms with van der Waals surface area (Å²) in [4.78, 5) is 2.35. The van der Waals surface area contributed by atoms with Crippen LogP contribution in [0.3, 0.4) is 0 Å². The predicted molar refractivity (Wildman–Crippen MR) is 74.6 cm³/mol. The highest BCUT2D eigenvalue weighted by atomic mass is 15.1. The molecule has 94 valence electrons. The van der Waals surface area contributed by atoms with Crippen LogP contribution in [0, 0.1) is 0 Å². The Labute approximate surface area is 105 Å². The lowest BCUT2D eigenvalue weighted by Crippen LogP contribution is -2.18. The van der Waals surface area contributed by atoms with Crippen LogP contribution in [0.15, 0.2) is 24.3 Å². The number of fused-ring (bicyclic) bond motifs is 1. The van der Waals surface area contributed by atoms with Gasteiger partial charge in [-0.15, -0.1) is 0 Å². The largest absolute Gasteiger partial charge is 0.374 e. The van der Waals surface area contributed by atoms with Crippen LogP contribution in [0.25, 0.3) is 0 Å². The van der Waals surface area contributed by atoms with E-state index in [1.54, 1.807) is 0 Å². The van der Waals surface area contributed by atoms with Gasteiger partial charge in [0.1, 0.15) is 0 Å². The number of hydrogen-bond acceptors (Lipinski definition) is 2. The lowest BCUT2D eigenvalue weighted by Gasteiger charge is -2.21. The normalized spacial score (nSPS) is 22.0. The van der Waals surface area contributed by atoms with Crippen molar-refractivity contribution in [1.82, 2.24) is 5.32 Å². The summed E-state index contributed by atoms with van der Waals surface area (Å²) in [5.74, 6) is 0. The van der Waals surface area contributed by atoms with E-state index in [0.29, 0.717) is 6.04 Å². The van der Waals surface area contributed by atoms with Crippen molar-refractivity contribution in [2.45, 2.75) is 38.1 Å². The molecule has 1 aromatic carbocycles. The molecular weight excluding hydrogens is 208 g/mol. The van der Waals surface area contributed by atoms with Gasteiger partial charge < -0.3 is 10.2 Å². The van der Waals surface area contributed by atoms with E-state index in [1.807, 2.05) is 7.05 Å². The van der Waals surface area contributed by atoms with Crippen LogP contribution in [-0.4, -0.2) is 20.6 Å². The van der Waals surface area contributed by atoms with Crippen LogP contribution < -0.4 is 10.2 Å². The van der Waals surface area contributed by atoms with Crippen molar-refractivity contribution in [2.24, 2.45) is 0 Å². The molecule has 0 saturated heterocycles. The number of nitrogens with one attached hydrogen (secondary N) is 1. The van der Waals surface area contributed by atoms with Gasteiger partial charge in [-0.3, -0.25) is 0 Å². The van der Waals surface area contributed by atoms with Crippen LogP contribution in [-0.2, 0) is 0 Å². The number of hydrogen-bond donors (Lipinski definition) is 1. The first kappa shape index (κ1) is 12.4. The van der Waals surface area contributed by atoms with Crippen LogP contribution >= 0.6 is 0 Å². The predicted octanol–water partition coefficient (Wildman–Crippen LogP) is 3.35. The van der Waals surface area contributed by atoms with Crippen LogP contribution in [0.2, 0.25) is 0 Å². The fourth-order valence-corrected chi connectivity index (χ4v) is 2.24. The third kappa shape index (κ3) is 3.47. The molecule has 2 aliphatic rings. The van der Waals surface area contributed by atoms with Crippen LogP contribution in [0.1, 0.15) is 43.7 Å². The van der Waals surface area contributed by atoms with Gasteiger partial charge >= 0.3 is 0 Å². The summed E-state index contributed by atoms with van der Waals surface area (Å²) >= 11 is 0.